The van der Waals surface area contributed by atoms with Crippen molar-refractivity contribution in [2.45, 2.75) is 44.3 Å². The Morgan fingerprint density at radius 1 is 1.17 bits per heavy atom. The summed E-state index contributed by atoms with van der Waals surface area (Å²) < 4.78 is 36.3. The number of hydrogen-bond donors (Lipinski definition) is 1. The maximum Gasteiger partial charge on any atom is 0.471 e. The molecule has 1 N–H and O–H groups in total. The van der Waals surface area contributed by atoms with Gasteiger partial charge in [0.2, 0.25) is 0 Å². The van der Waals surface area contributed by atoms with E-state index in [-0.39, 0.29) is 12.5 Å². The van der Waals surface area contributed by atoms with Crippen molar-refractivity contribution in [3.8, 4) is 0 Å². The smallest absolute Gasteiger partial charge is 0.348 e. The van der Waals surface area contributed by atoms with Gasteiger partial charge in [-0.3, -0.25) is 4.79 Å². The minimum atomic E-state index is -4.76. The summed E-state index contributed by atoms with van der Waals surface area (Å²) in [6.07, 6.45) is 0.541. The molecule has 0 unspecified atom stereocenters. The van der Waals surface area contributed by atoms with Crippen LogP contribution in [0.4, 0.5) is 13.2 Å². The van der Waals surface area contributed by atoms with E-state index in [1.165, 1.54) is 6.42 Å². The first-order valence-corrected chi connectivity index (χ1v) is 6.57. The third-order valence-corrected chi connectivity index (χ3v) is 4.01. The third-order valence-electron chi connectivity index (χ3n) is 4.01. The van der Waals surface area contributed by atoms with E-state index in [1.54, 1.807) is 0 Å². The van der Waals surface area contributed by atoms with Gasteiger partial charge in [-0.2, -0.15) is 13.2 Å². The minimum Gasteiger partial charge on any atom is -0.348 e. The molecule has 3 nitrogen and oxygen atoms in total. The van der Waals surface area contributed by atoms with Gasteiger partial charge >= 0.3 is 12.1 Å². The molecule has 104 valence electrons. The van der Waals surface area contributed by atoms with Gasteiger partial charge in [0.15, 0.2) is 0 Å². The van der Waals surface area contributed by atoms with Crippen LogP contribution >= 0.6 is 0 Å². The zero-order valence-electron chi connectivity index (χ0n) is 10.3. The normalized spacial score (nSPS) is 29.7. The Bertz CT molecular complexity index is 304. The van der Waals surface area contributed by atoms with Crippen LogP contribution in [0.5, 0.6) is 0 Å². The first kappa shape index (κ1) is 13.6. The van der Waals surface area contributed by atoms with Crippen LogP contribution in [0.3, 0.4) is 0 Å². The van der Waals surface area contributed by atoms with Crippen molar-refractivity contribution in [1.29, 1.82) is 0 Å². The SMILES string of the molecule is O=C(NC[C@H]1CCCN2CCCC[C@@H]12)C(F)(F)F. The highest BCUT2D eigenvalue weighted by atomic mass is 19.4. The fourth-order valence-electron chi connectivity index (χ4n) is 3.14. The van der Waals surface area contributed by atoms with Gasteiger partial charge in [-0.15, -0.1) is 0 Å². The molecule has 0 spiro atoms. The van der Waals surface area contributed by atoms with Crippen molar-refractivity contribution < 1.29 is 18.0 Å². The van der Waals surface area contributed by atoms with Crippen molar-refractivity contribution in [3.05, 3.63) is 0 Å². The van der Waals surface area contributed by atoms with E-state index in [0.717, 1.165) is 38.8 Å². The van der Waals surface area contributed by atoms with Crippen LogP contribution in [-0.2, 0) is 4.79 Å². The van der Waals surface area contributed by atoms with Crippen LogP contribution in [0.2, 0.25) is 0 Å². The average molecular weight is 264 g/mol. The zero-order valence-corrected chi connectivity index (χ0v) is 10.3. The monoisotopic (exact) mass is 264 g/mol. The van der Waals surface area contributed by atoms with Crippen molar-refractivity contribution >= 4 is 5.91 Å². The third kappa shape index (κ3) is 3.16. The number of halogens is 3. The zero-order chi connectivity index (χ0) is 13.2. The summed E-state index contributed by atoms with van der Waals surface area (Å²) in [7, 11) is 0. The molecule has 2 aliphatic rings. The van der Waals surface area contributed by atoms with Gasteiger partial charge in [0.25, 0.3) is 0 Å². The summed E-state index contributed by atoms with van der Waals surface area (Å²) in [5, 5.41) is 2.03. The number of piperidine rings is 2. The first-order chi connectivity index (χ1) is 8.48. The largest absolute Gasteiger partial charge is 0.471 e. The summed E-state index contributed by atoms with van der Waals surface area (Å²) >= 11 is 0. The molecule has 0 aromatic carbocycles. The number of carbonyl (C=O) groups excluding carboxylic acids is 1. The van der Waals surface area contributed by atoms with Crippen LogP contribution < -0.4 is 5.32 Å². The fraction of sp³-hybridized carbons (Fsp3) is 0.917. The van der Waals surface area contributed by atoms with Gasteiger partial charge < -0.3 is 10.2 Å². The lowest BCUT2D eigenvalue weighted by Crippen LogP contribution is -2.51. The summed E-state index contributed by atoms with van der Waals surface area (Å²) in [4.78, 5) is 13.2. The Morgan fingerprint density at radius 3 is 2.61 bits per heavy atom. The quantitative estimate of drug-likeness (QED) is 0.826. The van der Waals surface area contributed by atoms with E-state index < -0.39 is 12.1 Å². The van der Waals surface area contributed by atoms with Gasteiger partial charge in [-0.1, -0.05) is 6.42 Å². The van der Waals surface area contributed by atoms with Gasteiger partial charge in [0.1, 0.15) is 0 Å². The second kappa shape index (κ2) is 5.47. The molecule has 2 fully saturated rings. The molecule has 2 aliphatic heterocycles. The number of alkyl halides is 3. The summed E-state index contributed by atoms with van der Waals surface area (Å²) in [6, 6.07) is 0.362. The van der Waals surface area contributed by atoms with Crippen LogP contribution in [0.1, 0.15) is 32.1 Å². The number of carbonyl (C=O) groups is 1. The number of amides is 1. The molecule has 18 heavy (non-hydrogen) atoms. The van der Waals surface area contributed by atoms with Crippen molar-refractivity contribution in [1.82, 2.24) is 10.2 Å². The van der Waals surface area contributed by atoms with Crippen LogP contribution in [-0.4, -0.2) is 42.7 Å². The summed E-state index contributed by atoms with van der Waals surface area (Å²) in [5.74, 6) is -1.64. The number of nitrogens with zero attached hydrogens (tertiary/aromatic N) is 1. The van der Waals surface area contributed by atoms with E-state index in [2.05, 4.69) is 4.90 Å². The minimum absolute atomic E-state index is 0.152. The van der Waals surface area contributed by atoms with E-state index in [9.17, 15) is 18.0 Å². The molecular weight excluding hydrogens is 245 g/mol. The molecule has 2 heterocycles. The predicted molar refractivity (Wildman–Crippen MR) is 61.0 cm³/mol. The van der Waals surface area contributed by atoms with E-state index in [0.29, 0.717) is 6.04 Å². The van der Waals surface area contributed by atoms with Gasteiger partial charge in [-0.25, -0.2) is 0 Å². The summed E-state index contributed by atoms with van der Waals surface area (Å²) in [5.41, 5.74) is 0. The Kier molecular flexibility index (Phi) is 4.14. The van der Waals surface area contributed by atoms with Gasteiger partial charge in [0, 0.05) is 12.6 Å². The second-order valence-electron chi connectivity index (χ2n) is 5.21. The Balaban J connectivity index is 1.86. The molecule has 1 amide bonds. The topological polar surface area (TPSA) is 32.3 Å². The molecule has 0 aromatic heterocycles. The average Bonchev–Trinajstić information content (AvgIpc) is 2.34. The number of hydrogen-bond acceptors (Lipinski definition) is 2. The molecular formula is C12H19F3N2O. The summed E-state index contributed by atoms with van der Waals surface area (Å²) in [6.45, 7) is 2.25. The molecule has 2 saturated heterocycles. The van der Waals surface area contributed by atoms with Crippen LogP contribution in [0.25, 0.3) is 0 Å². The lowest BCUT2D eigenvalue weighted by molar-refractivity contribution is -0.174. The van der Waals surface area contributed by atoms with Gasteiger partial charge in [0.05, 0.1) is 0 Å². The molecule has 0 aromatic rings. The first-order valence-electron chi connectivity index (χ1n) is 6.57. The van der Waals surface area contributed by atoms with Crippen LogP contribution in [0.15, 0.2) is 0 Å². The maximum atomic E-state index is 12.1. The molecule has 6 heteroatoms. The van der Waals surface area contributed by atoms with Crippen molar-refractivity contribution in [2.75, 3.05) is 19.6 Å². The highest BCUT2D eigenvalue weighted by molar-refractivity contribution is 5.81. The van der Waals surface area contributed by atoms with Crippen molar-refractivity contribution in [2.24, 2.45) is 5.92 Å². The molecule has 0 radical (unpaired) electrons. The molecule has 2 rings (SSSR count). The highest BCUT2D eigenvalue weighted by Gasteiger charge is 2.40. The predicted octanol–water partition coefficient (Wildman–Crippen LogP) is 1.93. The number of rotatable bonds is 2. The lowest BCUT2D eigenvalue weighted by atomic mass is 9.83. The highest BCUT2D eigenvalue weighted by Crippen LogP contribution is 2.30. The Hall–Kier alpha value is -0.780. The maximum absolute atomic E-state index is 12.1. The molecule has 0 saturated carbocycles. The molecule has 2 atom stereocenters. The lowest BCUT2D eigenvalue weighted by Gasteiger charge is -2.44. The van der Waals surface area contributed by atoms with E-state index in [1.807, 2.05) is 5.32 Å². The van der Waals surface area contributed by atoms with E-state index >= 15 is 0 Å². The van der Waals surface area contributed by atoms with Crippen LogP contribution in [0, 0.1) is 5.92 Å². The Labute approximate surface area is 105 Å². The Morgan fingerprint density at radius 2 is 1.89 bits per heavy atom. The molecule has 0 aliphatic carbocycles. The number of nitrogens with one attached hydrogen (secondary N) is 1. The fourth-order valence-corrected chi connectivity index (χ4v) is 3.14. The van der Waals surface area contributed by atoms with Gasteiger partial charge in [-0.05, 0) is 44.7 Å². The van der Waals surface area contributed by atoms with E-state index in [4.69, 9.17) is 0 Å². The molecule has 0 bridgehead atoms. The second-order valence-corrected chi connectivity index (χ2v) is 5.21. The standard InChI is InChI=1S/C12H19F3N2O/c13-12(14,15)11(18)16-8-9-4-3-7-17-6-2-1-5-10(9)17/h9-10H,1-8H2,(H,16,18)/t9-,10+/m1/s1. The number of fused-ring (bicyclic) bond motifs is 1. The van der Waals surface area contributed by atoms with Crippen molar-refractivity contribution in [3.63, 3.8) is 0 Å².